The Morgan fingerprint density at radius 3 is 2.94 bits per heavy atom. The molecule has 0 spiro atoms. The van der Waals surface area contributed by atoms with Gasteiger partial charge in [-0.3, -0.25) is 0 Å². The lowest BCUT2D eigenvalue weighted by molar-refractivity contribution is 0.556. The molecule has 94 valence electrons. The minimum absolute atomic E-state index is 0.249. The van der Waals surface area contributed by atoms with Gasteiger partial charge in [-0.2, -0.15) is 11.8 Å². The number of nitrogens with zero attached hydrogens (tertiary/aromatic N) is 3. The molecule has 0 aliphatic carbocycles. The van der Waals surface area contributed by atoms with Gasteiger partial charge in [0.05, 0.1) is 5.69 Å². The SMILES string of the molecule is CCc1ncnc(N2CCS[C@H](C)[C@H]2C)c1F. The molecule has 2 heterocycles. The summed E-state index contributed by atoms with van der Waals surface area (Å²) < 4.78 is 14.2. The third-order valence-electron chi connectivity index (χ3n) is 3.33. The number of anilines is 1. The Bertz CT molecular complexity index is 399. The third-order valence-corrected chi connectivity index (χ3v) is 4.67. The van der Waals surface area contributed by atoms with Crippen molar-refractivity contribution in [3.05, 3.63) is 17.8 Å². The Labute approximate surface area is 106 Å². The topological polar surface area (TPSA) is 29.0 Å². The van der Waals surface area contributed by atoms with Crippen molar-refractivity contribution in [2.24, 2.45) is 0 Å². The quantitative estimate of drug-likeness (QED) is 0.812. The van der Waals surface area contributed by atoms with Crippen LogP contribution < -0.4 is 4.90 Å². The monoisotopic (exact) mass is 255 g/mol. The summed E-state index contributed by atoms with van der Waals surface area (Å²) in [5, 5.41) is 0.503. The Balaban J connectivity index is 2.33. The van der Waals surface area contributed by atoms with Crippen LogP contribution in [0.25, 0.3) is 0 Å². The molecule has 17 heavy (non-hydrogen) atoms. The zero-order valence-corrected chi connectivity index (χ0v) is 11.3. The largest absolute Gasteiger partial charge is 0.349 e. The van der Waals surface area contributed by atoms with E-state index < -0.39 is 0 Å². The maximum absolute atomic E-state index is 14.2. The van der Waals surface area contributed by atoms with Crippen LogP contribution in [-0.2, 0) is 6.42 Å². The molecular formula is C12H18FN3S. The Kier molecular flexibility index (Phi) is 3.86. The Hall–Kier alpha value is -0.840. The summed E-state index contributed by atoms with van der Waals surface area (Å²) in [6, 6.07) is 0.308. The predicted octanol–water partition coefficient (Wildman–Crippen LogP) is 2.51. The van der Waals surface area contributed by atoms with Crippen molar-refractivity contribution in [3.63, 3.8) is 0 Å². The first kappa shape index (κ1) is 12.6. The van der Waals surface area contributed by atoms with Gasteiger partial charge in [-0.25, -0.2) is 14.4 Å². The van der Waals surface area contributed by atoms with E-state index in [1.807, 2.05) is 18.7 Å². The van der Waals surface area contributed by atoms with Crippen LogP contribution in [0.2, 0.25) is 0 Å². The highest BCUT2D eigenvalue weighted by Crippen LogP contribution is 2.29. The van der Waals surface area contributed by atoms with Crippen molar-refractivity contribution in [2.75, 3.05) is 17.2 Å². The molecule has 0 saturated carbocycles. The fourth-order valence-corrected chi connectivity index (χ4v) is 3.17. The van der Waals surface area contributed by atoms with Crippen molar-refractivity contribution < 1.29 is 4.39 Å². The van der Waals surface area contributed by atoms with Gasteiger partial charge < -0.3 is 4.90 Å². The van der Waals surface area contributed by atoms with Gasteiger partial charge in [0.15, 0.2) is 11.6 Å². The van der Waals surface area contributed by atoms with Crippen molar-refractivity contribution in [3.8, 4) is 0 Å². The van der Waals surface area contributed by atoms with E-state index in [1.165, 1.54) is 6.33 Å². The number of hydrogen-bond donors (Lipinski definition) is 0. The van der Waals surface area contributed by atoms with Crippen molar-refractivity contribution >= 4 is 17.6 Å². The number of halogens is 1. The predicted molar refractivity (Wildman–Crippen MR) is 70.1 cm³/mol. The van der Waals surface area contributed by atoms with Gasteiger partial charge in [-0.1, -0.05) is 13.8 Å². The highest BCUT2D eigenvalue weighted by Gasteiger charge is 2.28. The molecule has 3 nitrogen and oxygen atoms in total. The molecule has 0 aromatic carbocycles. The van der Waals surface area contributed by atoms with E-state index >= 15 is 0 Å². The molecule has 0 N–H and O–H groups in total. The van der Waals surface area contributed by atoms with Crippen molar-refractivity contribution in [2.45, 2.75) is 38.5 Å². The maximum atomic E-state index is 14.2. The normalized spacial score (nSPS) is 25.1. The van der Waals surface area contributed by atoms with Crippen molar-refractivity contribution in [1.82, 2.24) is 9.97 Å². The van der Waals surface area contributed by atoms with E-state index in [0.29, 0.717) is 29.2 Å². The summed E-state index contributed by atoms with van der Waals surface area (Å²) in [5.41, 5.74) is 0.507. The molecule has 0 amide bonds. The number of thioether (sulfide) groups is 1. The van der Waals surface area contributed by atoms with Crippen LogP contribution in [0.15, 0.2) is 6.33 Å². The van der Waals surface area contributed by atoms with E-state index in [1.54, 1.807) is 0 Å². The van der Waals surface area contributed by atoms with Gasteiger partial charge in [0.1, 0.15) is 6.33 Å². The van der Waals surface area contributed by atoms with Crippen LogP contribution in [-0.4, -0.2) is 33.6 Å². The molecule has 2 atom stereocenters. The molecule has 1 aliphatic rings. The number of aryl methyl sites for hydroxylation is 1. The number of hydrogen-bond acceptors (Lipinski definition) is 4. The first-order chi connectivity index (χ1) is 8.15. The second kappa shape index (κ2) is 5.21. The minimum Gasteiger partial charge on any atom is -0.349 e. The van der Waals surface area contributed by atoms with E-state index in [0.717, 1.165) is 12.3 Å². The summed E-state index contributed by atoms with van der Waals surface area (Å²) in [6.45, 7) is 7.08. The Morgan fingerprint density at radius 2 is 2.24 bits per heavy atom. The molecule has 1 fully saturated rings. The van der Waals surface area contributed by atoms with Gasteiger partial charge in [0.2, 0.25) is 0 Å². The highest BCUT2D eigenvalue weighted by atomic mass is 32.2. The summed E-state index contributed by atoms with van der Waals surface area (Å²) in [4.78, 5) is 10.2. The third kappa shape index (κ3) is 2.39. The van der Waals surface area contributed by atoms with Crippen LogP contribution in [0.3, 0.4) is 0 Å². The van der Waals surface area contributed by atoms with Crippen LogP contribution in [0.5, 0.6) is 0 Å². The van der Waals surface area contributed by atoms with E-state index in [-0.39, 0.29) is 5.82 Å². The second-order valence-electron chi connectivity index (χ2n) is 4.32. The van der Waals surface area contributed by atoms with Gasteiger partial charge in [-0.15, -0.1) is 0 Å². The first-order valence-electron chi connectivity index (χ1n) is 6.02. The fourth-order valence-electron chi connectivity index (χ4n) is 2.07. The molecule has 5 heteroatoms. The lowest BCUT2D eigenvalue weighted by Gasteiger charge is -2.38. The van der Waals surface area contributed by atoms with Gasteiger partial charge >= 0.3 is 0 Å². The van der Waals surface area contributed by atoms with Crippen LogP contribution >= 0.6 is 11.8 Å². The highest BCUT2D eigenvalue weighted by molar-refractivity contribution is 8.00. The maximum Gasteiger partial charge on any atom is 0.187 e. The summed E-state index contributed by atoms with van der Waals surface area (Å²) in [7, 11) is 0. The molecule has 0 radical (unpaired) electrons. The fraction of sp³-hybridized carbons (Fsp3) is 0.667. The average Bonchev–Trinajstić information content (AvgIpc) is 2.33. The van der Waals surface area contributed by atoms with E-state index in [4.69, 9.17) is 0 Å². The molecule has 1 aromatic heterocycles. The smallest absolute Gasteiger partial charge is 0.187 e. The lowest BCUT2D eigenvalue weighted by atomic mass is 10.2. The van der Waals surface area contributed by atoms with Gasteiger partial charge in [-0.05, 0) is 13.3 Å². The summed E-state index contributed by atoms with van der Waals surface area (Å²) >= 11 is 1.93. The average molecular weight is 255 g/mol. The number of rotatable bonds is 2. The molecule has 0 bridgehead atoms. The number of aromatic nitrogens is 2. The standard InChI is InChI=1S/C12H18FN3S/c1-4-10-11(13)12(15-7-14-10)16-5-6-17-9(3)8(16)2/h7-9H,4-6H2,1-3H3/t8-,9-/m1/s1. The zero-order chi connectivity index (χ0) is 12.4. The minimum atomic E-state index is -0.249. The first-order valence-corrected chi connectivity index (χ1v) is 7.07. The second-order valence-corrected chi connectivity index (χ2v) is 5.81. The molecule has 0 unspecified atom stereocenters. The molecule has 2 rings (SSSR count). The van der Waals surface area contributed by atoms with Gasteiger partial charge in [0.25, 0.3) is 0 Å². The zero-order valence-electron chi connectivity index (χ0n) is 10.5. The molecular weight excluding hydrogens is 237 g/mol. The van der Waals surface area contributed by atoms with E-state index in [2.05, 4.69) is 28.7 Å². The van der Waals surface area contributed by atoms with E-state index in [9.17, 15) is 4.39 Å². The van der Waals surface area contributed by atoms with Crippen LogP contribution in [0.4, 0.5) is 10.2 Å². The summed E-state index contributed by atoms with van der Waals surface area (Å²) in [6.07, 6.45) is 2.07. The van der Waals surface area contributed by atoms with Crippen LogP contribution in [0, 0.1) is 5.82 Å². The van der Waals surface area contributed by atoms with Gasteiger partial charge in [0, 0.05) is 23.6 Å². The van der Waals surface area contributed by atoms with Crippen molar-refractivity contribution in [1.29, 1.82) is 0 Å². The molecule has 1 aromatic rings. The molecule has 1 saturated heterocycles. The Morgan fingerprint density at radius 1 is 1.47 bits per heavy atom. The summed E-state index contributed by atoms with van der Waals surface area (Å²) in [5.74, 6) is 1.24. The molecule has 1 aliphatic heterocycles. The lowest BCUT2D eigenvalue weighted by Crippen LogP contribution is -2.45. The van der Waals surface area contributed by atoms with Crippen LogP contribution in [0.1, 0.15) is 26.5 Å².